The lowest BCUT2D eigenvalue weighted by atomic mass is 9.68. The molecule has 3 saturated heterocycles. The highest BCUT2D eigenvalue weighted by molar-refractivity contribution is 5.85. The van der Waals surface area contributed by atoms with Gasteiger partial charge >= 0.3 is 5.97 Å². The van der Waals surface area contributed by atoms with E-state index >= 15 is 0 Å². The zero-order valence-electron chi connectivity index (χ0n) is 14.4. The minimum Gasteiger partial charge on any atom is -0.481 e. The number of hydrogen-bond acceptors (Lipinski definition) is 3. The molecule has 2 aromatic carbocycles. The Labute approximate surface area is 159 Å². The van der Waals surface area contributed by atoms with E-state index in [9.17, 15) is 15.0 Å². The van der Waals surface area contributed by atoms with Crippen molar-refractivity contribution < 1.29 is 15.0 Å². The van der Waals surface area contributed by atoms with E-state index < -0.39 is 18.0 Å². The van der Waals surface area contributed by atoms with Crippen LogP contribution in [0.5, 0.6) is 0 Å². The minimum atomic E-state index is -0.789. The van der Waals surface area contributed by atoms with E-state index in [4.69, 9.17) is 0 Å². The third kappa shape index (κ3) is 3.25. The molecule has 2 N–H and O–H groups in total. The van der Waals surface area contributed by atoms with Crippen molar-refractivity contribution in [1.29, 1.82) is 0 Å². The first-order valence-electron chi connectivity index (χ1n) is 8.91. The number of piperidine rings is 3. The molecule has 5 rings (SSSR count). The van der Waals surface area contributed by atoms with Gasteiger partial charge in [0, 0.05) is 24.4 Å². The highest BCUT2D eigenvalue weighted by atomic mass is 35.5. The molecule has 0 saturated carbocycles. The topological polar surface area (TPSA) is 60.8 Å². The average molecular weight is 374 g/mol. The van der Waals surface area contributed by atoms with Crippen molar-refractivity contribution >= 4 is 18.4 Å². The summed E-state index contributed by atoms with van der Waals surface area (Å²) in [4.78, 5) is 13.8. The average Bonchev–Trinajstić information content (AvgIpc) is 2.66. The second kappa shape index (κ2) is 7.78. The molecule has 2 bridgehead atoms. The van der Waals surface area contributed by atoms with Crippen LogP contribution < -0.4 is 0 Å². The highest BCUT2D eigenvalue weighted by Gasteiger charge is 2.52. The van der Waals surface area contributed by atoms with E-state index in [-0.39, 0.29) is 30.3 Å². The zero-order chi connectivity index (χ0) is 17.4. The maximum Gasteiger partial charge on any atom is 0.308 e. The SMILES string of the molecule is Cl.O=C(O)[C@@H]1CN2CC[C@H]1[C@H](O)[C@H]2C(c1ccccc1)c1ccccc1. The molecule has 5 atom stereocenters. The summed E-state index contributed by atoms with van der Waals surface area (Å²) in [5.41, 5.74) is 2.33. The number of benzene rings is 2. The van der Waals surface area contributed by atoms with E-state index in [0.717, 1.165) is 24.1 Å². The second-order valence-corrected chi connectivity index (χ2v) is 7.17. The maximum atomic E-state index is 11.6. The molecular weight excluding hydrogens is 350 g/mol. The maximum absolute atomic E-state index is 11.6. The molecule has 4 nitrogen and oxygen atoms in total. The van der Waals surface area contributed by atoms with E-state index in [1.54, 1.807) is 0 Å². The van der Waals surface area contributed by atoms with Crippen LogP contribution in [0.2, 0.25) is 0 Å². The number of carbonyl (C=O) groups is 1. The number of fused-ring (bicyclic) bond motifs is 3. The van der Waals surface area contributed by atoms with Crippen LogP contribution in [-0.2, 0) is 4.79 Å². The smallest absolute Gasteiger partial charge is 0.308 e. The summed E-state index contributed by atoms with van der Waals surface area (Å²) in [6.45, 7) is 1.38. The Balaban J connectivity index is 0.00000196. The first-order valence-corrected chi connectivity index (χ1v) is 8.91. The Kier molecular flexibility index (Phi) is 5.66. The van der Waals surface area contributed by atoms with Crippen molar-refractivity contribution in [3.63, 3.8) is 0 Å². The molecule has 1 unspecified atom stereocenters. The highest BCUT2D eigenvalue weighted by Crippen LogP contribution is 2.44. The largest absolute Gasteiger partial charge is 0.481 e. The van der Waals surface area contributed by atoms with Crippen molar-refractivity contribution in [2.45, 2.75) is 24.5 Å². The number of rotatable bonds is 4. The van der Waals surface area contributed by atoms with Crippen LogP contribution in [-0.4, -0.2) is 46.3 Å². The molecule has 0 aliphatic carbocycles. The van der Waals surface area contributed by atoms with Gasteiger partial charge in [-0.1, -0.05) is 60.7 Å². The second-order valence-electron chi connectivity index (χ2n) is 7.17. The molecule has 2 aromatic rings. The zero-order valence-corrected chi connectivity index (χ0v) is 15.3. The Morgan fingerprint density at radius 3 is 2.00 bits per heavy atom. The van der Waals surface area contributed by atoms with Gasteiger partial charge in [-0.2, -0.15) is 0 Å². The van der Waals surface area contributed by atoms with E-state index in [2.05, 4.69) is 29.2 Å². The lowest BCUT2D eigenvalue weighted by molar-refractivity contribution is -0.162. The third-order valence-corrected chi connectivity index (χ3v) is 5.88. The summed E-state index contributed by atoms with van der Waals surface area (Å²) < 4.78 is 0. The van der Waals surface area contributed by atoms with Crippen LogP contribution in [0.4, 0.5) is 0 Å². The molecule has 3 fully saturated rings. The summed E-state index contributed by atoms with van der Waals surface area (Å²) in [6.07, 6.45) is 0.124. The van der Waals surface area contributed by atoms with Gasteiger partial charge < -0.3 is 10.2 Å². The number of halogens is 1. The molecule has 26 heavy (non-hydrogen) atoms. The molecule has 3 aliphatic heterocycles. The fourth-order valence-electron chi connectivity index (χ4n) is 4.72. The van der Waals surface area contributed by atoms with Crippen LogP contribution in [0.15, 0.2) is 60.7 Å². The molecule has 3 aliphatic rings. The monoisotopic (exact) mass is 373 g/mol. The summed E-state index contributed by atoms with van der Waals surface area (Å²) in [5.74, 6) is -1.38. The summed E-state index contributed by atoms with van der Waals surface area (Å²) in [6, 6.07) is 20.4. The van der Waals surface area contributed by atoms with Gasteiger partial charge in [0.25, 0.3) is 0 Å². The van der Waals surface area contributed by atoms with E-state index in [1.807, 2.05) is 36.4 Å². The fourth-order valence-corrected chi connectivity index (χ4v) is 4.72. The van der Waals surface area contributed by atoms with Gasteiger partial charge in [-0.3, -0.25) is 9.69 Å². The number of carboxylic acid groups (broad SMARTS) is 1. The third-order valence-electron chi connectivity index (χ3n) is 5.88. The van der Waals surface area contributed by atoms with Crippen LogP contribution in [0, 0.1) is 11.8 Å². The van der Waals surface area contributed by atoms with Crippen LogP contribution >= 0.6 is 12.4 Å². The quantitative estimate of drug-likeness (QED) is 0.864. The normalized spacial score (nSPS) is 30.0. The summed E-state index contributed by atoms with van der Waals surface area (Å²) >= 11 is 0. The van der Waals surface area contributed by atoms with E-state index in [0.29, 0.717) is 6.54 Å². The number of aliphatic hydroxyl groups excluding tert-OH is 1. The number of nitrogens with zero attached hydrogens (tertiary/aromatic N) is 1. The Hall–Kier alpha value is -1.88. The minimum absolute atomic E-state index is 0. The number of aliphatic hydroxyl groups is 1. The first-order chi connectivity index (χ1) is 12.2. The van der Waals surface area contributed by atoms with Crippen molar-refractivity contribution in [3.8, 4) is 0 Å². The van der Waals surface area contributed by atoms with Crippen molar-refractivity contribution in [1.82, 2.24) is 4.90 Å². The van der Waals surface area contributed by atoms with Gasteiger partial charge in [0.05, 0.1) is 12.0 Å². The van der Waals surface area contributed by atoms with Gasteiger partial charge in [-0.05, 0) is 24.1 Å². The predicted octanol–water partition coefficient (Wildman–Crippen LogP) is 3.01. The molecule has 0 aromatic heterocycles. The number of carboxylic acids is 1. The van der Waals surface area contributed by atoms with Gasteiger partial charge in [0.1, 0.15) is 0 Å². The summed E-state index contributed by atoms with van der Waals surface area (Å²) in [7, 11) is 0. The Morgan fingerprint density at radius 2 is 1.54 bits per heavy atom. The fraction of sp³-hybridized carbons (Fsp3) is 0.381. The van der Waals surface area contributed by atoms with Crippen LogP contribution in [0.1, 0.15) is 23.5 Å². The number of hydrogen-bond donors (Lipinski definition) is 2. The van der Waals surface area contributed by atoms with Crippen molar-refractivity contribution in [2.24, 2.45) is 11.8 Å². The Morgan fingerprint density at radius 1 is 1.00 bits per heavy atom. The first kappa shape index (κ1) is 18.9. The number of aliphatic carboxylic acids is 1. The lowest BCUT2D eigenvalue weighted by Crippen LogP contribution is -2.64. The standard InChI is InChI=1S/C21H23NO3.ClH/c23-20-16-11-12-22(13-17(16)21(24)25)19(20)18(14-7-3-1-4-8-14)15-9-5-2-6-10-15;/h1-10,16-20,23H,11-13H2,(H,24,25);1H/t16-,17-,19-,20+;/m1./s1. The molecule has 0 radical (unpaired) electrons. The molecule has 3 heterocycles. The molecule has 138 valence electrons. The summed E-state index contributed by atoms with van der Waals surface area (Å²) in [5, 5.41) is 20.6. The van der Waals surface area contributed by atoms with Gasteiger partial charge in [0.15, 0.2) is 0 Å². The Bertz CT molecular complexity index is 698. The van der Waals surface area contributed by atoms with Crippen molar-refractivity contribution in [2.75, 3.05) is 13.1 Å². The van der Waals surface area contributed by atoms with Crippen molar-refractivity contribution in [3.05, 3.63) is 71.8 Å². The van der Waals surface area contributed by atoms with Crippen LogP contribution in [0.3, 0.4) is 0 Å². The van der Waals surface area contributed by atoms with Crippen LogP contribution in [0.25, 0.3) is 0 Å². The molecular formula is C21H24ClNO3. The molecule has 0 spiro atoms. The lowest BCUT2D eigenvalue weighted by Gasteiger charge is -2.54. The van der Waals surface area contributed by atoms with Gasteiger partial charge in [-0.25, -0.2) is 0 Å². The predicted molar refractivity (Wildman–Crippen MR) is 103 cm³/mol. The van der Waals surface area contributed by atoms with E-state index in [1.165, 1.54) is 0 Å². The van der Waals surface area contributed by atoms with Gasteiger partial charge in [0.2, 0.25) is 0 Å². The molecule has 0 amide bonds. The molecule has 5 heteroatoms. The van der Waals surface area contributed by atoms with Gasteiger partial charge in [-0.15, -0.1) is 12.4 Å².